The molecule has 0 saturated carbocycles. The first-order valence-electron chi connectivity index (χ1n) is 7.04. The van der Waals surface area contributed by atoms with Crippen LogP contribution in [0.1, 0.15) is 30.4 Å². The van der Waals surface area contributed by atoms with Gasteiger partial charge < -0.3 is 0 Å². The van der Waals surface area contributed by atoms with Gasteiger partial charge in [0.2, 0.25) is 5.91 Å². The van der Waals surface area contributed by atoms with Crippen LogP contribution in [-0.2, 0) is 11.2 Å². The number of nitrogens with zero attached hydrogens (tertiary/aromatic N) is 1. The summed E-state index contributed by atoms with van der Waals surface area (Å²) in [7, 11) is 0. The maximum Gasteiger partial charge on any atom is 0.405 e. The molecule has 1 amide bonds. The van der Waals surface area contributed by atoms with E-state index in [2.05, 4.69) is 5.43 Å². The summed E-state index contributed by atoms with van der Waals surface area (Å²) in [5.41, 5.74) is 4.46. The molecule has 0 spiro atoms. The van der Waals surface area contributed by atoms with Crippen molar-refractivity contribution in [2.75, 3.05) is 6.54 Å². The van der Waals surface area contributed by atoms with Crippen LogP contribution in [0.25, 0.3) is 0 Å². The number of hydrogen-bond donors (Lipinski definition) is 1. The number of benzene rings is 1. The second kappa shape index (κ2) is 6.47. The van der Waals surface area contributed by atoms with Gasteiger partial charge in [0, 0.05) is 13.0 Å². The maximum absolute atomic E-state index is 13.1. The zero-order chi connectivity index (χ0) is 15.5. The maximum atomic E-state index is 13.1. The largest absolute Gasteiger partial charge is 0.405 e. The van der Waals surface area contributed by atoms with Gasteiger partial charge in [-0.15, -0.1) is 0 Å². The molecular formula is C15H19F3N2O. The minimum Gasteiger partial charge on any atom is -0.288 e. The molecule has 0 aromatic heterocycles. The topological polar surface area (TPSA) is 32.3 Å². The van der Waals surface area contributed by atoms with Gasteiger partial charge in [-0.3, -0.25) is 10.2 Å². The number of amides is 1. The Hall–Kier alpha value is -1.56. The van der Waals surface area contributed by atoms with E-state index in [-0.39, 0.29) is 25.3 Å². The molecule has 6 heteroatoms. The van der Waals surface area contributed by atoms with Crippen LogP contribution in [-0.4, -0.2) is 29.7 Å². The van der Waals surface area contributed by atoms with Crippen molar-refractivity contribution in [3.05, 3.63) is 35.4 Å². The van der Waals surface area contributed by atoms with E-state index >= 15 is 0 Å². The van der Waals surface area contributed by atoms with Crippen LogP contribution in [0.3, 0.4) is 0 Å². The molecule has 2 rings (SSSR count). The summed E-state index contributed by atoms with van der Waals surface area (Å²) >= 11 is 0. The van der Waals surface area contributed by atoms with Crippen LogP contribution in [0.2, 0.25) is 0 Å². The van der Waals surface area contributed by atoms with E-state index in [0.717, 1.165) is 16.1 Å². The molecule has 1 heterocycles. The standard InChI is InChI=1S/C15H19F3N2O/c1-11-5-7-12(8-6-11)3-2-4-13(15(16,17)18)20-10-9-14(21)19-20/h5-8,13H,2-4,9-10H2,1H3,(H,19,21). The van der Waals surface area contributed by atoms with E-state index in [1.165, 1.54) is 0 Å². The predicted octanol–water partition coefficient (Wildman–Crippen LogP) is 2.99. The molecule has 21 heavy (non-hydrogen) atoms. The second-order valence-corrected chi connectivity index (χ2v) is 5.41. The number of hydrazine groups is 1. The molecule has 1 aliphatic rings. The third kappa shape index (κ3) is 4.46. The Morgan fingerprint density at radius 3 is 2.48 bits per heavy atom. The molecule has 1 aromatic rings. The number of carbonyl (C=O) groups excluding carboxylic acids is 1. The van der Waals surface area contributed by atoms with Crippen molar-refractivity contribution in [2.45, 2.75) is 44.8 Å². The lowest BCUT2D eigenvalue weighted by Gasteiger charge is -2.28. The second-order valence-electron chi connectivity index (χ2n) is 5.41. The van der Waals surface area contributed by atoms with Crippen LogP contribution >= 0.6 is 0 Å². The van der Waals surface area contributed by atoms with E-state index in [0.29, 0.717) is 12.8 Å². The van der Waals surface area contributed by atoms with Crippen LogP contribution in [0.5, 0.6) is 0 Å². The predicted molar refractivity (Wildman–Crippen MR) is 73.4 cm³/mol. The number of rotatable bonds is 5. The van der Waals surface area contributed by atoms with Gasteiger partial charge >= 0.3 is 6.18 Å². The van der Waals surface area contributed by atoms with Crippen LogP contribution in [0.4, 0.5) is 13.2 Å². The Kier molecular flexibility index (Phi) is 4.88. The molecule has 1 aliphatic heterocycles. The van der Waals surface area contributed by atoms with Crippen molar-refractivity contribution in [1.29, 1.82) is 0 Å². The first kappa shape index (κ1) is 15.8. The molecule has 1 aromatic carbocycles. The van der Waals surface area contributed by atoms with E-state index < -0.39 is 12.2 Å². The molecule has 3 nitrogen and oxygen atoms in total. The van der Waals surface area contributed by atoms with Gasteiger partial charge in [-0.25, -0.2) is 5.01 Å². The number of hydrogen-bond acceptors (Lipinski definition) is 2. The fraction of sp³-hybridized carbons (Fsp3) is 0.533. The van der Waals surface area contributed by atoms with E-state index in [1.807, 2.05) is 31.2 Å². The Morgan fingerprint density at radius 1 is 1.29 bits per heavy atom. The summed E-state index contributed by atoms with van der Waals surface area (Å²) in [5, 5.41) is 1.03. The molecule has 0 bridgehead atoms. The summed E-state index contributed by atoms with van der Waals surface area (Å²) in [4.78, 5) is 11.1. The Morgan fingerprint density at radius 2 is 1.95 bits per heavy atom. The van der Waals surface area contributed by atoms with E-state index in [9.17, 15) is 18.0 Å². The molecule has 0 aliphatic carbocycles. The highest BCUT2D eigenvalue weighted by molar-refractivity contribution is 5.77. The number of nitrogens with one attached hydrogen (secondary N) is 1. The fourth-order valence-corrected chi connectivity index (χ4v) is 2.48. The highest BCUT2D eigenvalue weighted by Crippen LogP contribution is 2.29. The highest BCUT2D eigenvalue weighted by atomic mass is 19.4. The van der Waals surface area contributed by atoms with Crippen molar-refractivity contribution < 1.29 is 18.0 Å². The van der Waals surface area contributed by atoms with Gasteiger partial charge in [0.25, 0.3) is 0 Å². The minimum absolute atomic E-state index is 0.0162. The quantitative estimate of drug-likeness (QED) is 0.906. The average Bonchev–Trinajstić information content (AvgIpc) is 2.81. The lowest BCUT2D eigenvalue weighted by molar-refractivity contribution is -0.190. The smallest absolute Gasteiger partial charge is 0.288 e. The molecule has 1 unspecified atom stereocenters. The monoisotopic (exact) mass is 300 g/mol. The summed E-state index contributed by atoms with van der Waals surface area (Å²) in [6.07, 6.45) is -3.18. The zero-order valence-corrected chi connectivity index (χ0v) is 11.9. The molecule has 1 fully saturated rings. The SMILES string of the molecule is Cc1ccc(CCCC(N2CCC(=O)N2)C(F)(F)F)cc1. The zero-order valence-electron chi connectivity index (χ0n) is 11.9. The van der Waals surface area contributed by atoms with Crippen molar-refractivity contribution >= 4 is 5.91 Å². The number of halogens is 3. The lowest BCUT2D eigenvalue weighted by atomic mass is 10.0. The van der Waals surface area contributed by atoms with Crippen molar-refractivity contribution in [1.82, 2.24) is 10.4 Å². The van der Waals surface area contributed by atoms with Crippen molar-refractivity contribution in [3.8, 4) is 0 Å². The summed E-state index contributed by atoms with van der Waals surface area (Å²) < 4.78 is 39.3. The van der Waals surface area contributed by atoms with Crippen LogP contribution in [0, 0.1) is 6.92 Å². The van der Waals surface area contributed by atoms with E-state index in [1.54, 1.807) is 0 Å². The molecule has 0 radical (unpaired) electrons. The number of carbonyl (C=O) groups is 1. The van der Waals surface area contributed by atoms with Crippen LogP contribution in [0.15, 0.2) is 24.3 Å². The first-order chi connectivity index (χ1) is 9.86. The molecule has 1 N–H and O–H groups in total. The van der Waals surface area contributed by atoms with Crippen molar-refractivity contribution in [3.63, 3.8) is 0 Å². The third-order valence-electron chi connectivity index (χ3n) is 3.67. The van der Waals surface area contributed by atoms with Gasteiger partial charge in [-0.05, 0) is 31.7 Å². The Labute approximate surface area is 122 Å². The average molecular weight is 300 g/mol. The lowest BCUT2D eigenvalue weighted by Crippen LogP contribution is -2.49. The normalized spacial score (nSPS) is 17.8. The number of aryl methyl sites for hydroxylation is 2. The highest BCUT2D eigenvalue weighted by Gasteiger charge is 2.45. The van der Waals surface area contributed by atoms with Gasteiger partial charge in [-0.1, -0.05) is 29.8 Å². The molecular weight excluding hydrogens is 281 g/mol. The van der Waals surface area contributed by atoms with Gasteiger partial charge in [0.1, 0.15) is 6.04 Å². The van der Waals surface area contributed by atoms with Crippen LogP contribution < -0.4 is 5.43 Å². The van der Waals surface area contributed by atoms with Crippen molar-refractivity contribution in [2.24, 2.45) is 0 Å². The molecule has 116 valence electrons. The Bertz CT molecular complexity index is 485. The molecule has 1 atom stereocenters. The fourth-order valence-electron chi connectivity index (χ4n) is 2.48. The summed E-state index contributed by atoms with van der Waals surface area (Å²) in [6, 6.07) is 6.19. The van der Waals surface area contributed by atoms with Gasteiger partial charge in [0.05, 0.1) is 0 Å². The van der Waals surface area contributed by atoms with Gasteiger partial charge in [-0.2, -0.15) is 13.2 Å². The summed E-state index contributed by atoms with van der Waals surface area (Å²) in [6.45, 7) is 2.09. The number of alkyl halides is 3. The first-order valence-corrected chi connectivity index (χ1v) is 7.04. The Balaban J connectivity index is 1.90. The van der Waals surface area contributed by atoms with E-state index in [4.69, 9.17) is 0 Å². The molecule has 1 saturated heterocycles. The van der Waals surface area contributed by atoms with Gasteiger partial charge in [0.15, 0.2) is 0 Å². The third-order valence-corrected chi connectivity index (χ3v) is 3.67. The minimum atomic E-state index is -4.33. The summed E-state index contributed by atoms with van der Waals surface area (Å²) in [5.74, 6) is -0.345.